The zero-order valence-corrected chi connectivity index (χ0v) is 17.9. The molecule has 0 radical (unpaired) electrons. The maximum atomic E-state index is 13.4. The zero-order chi connectivity index (χ0) is 22.3. The van der Waals surface area contributed by atoms with E-state index in [1.165, 1.54) is 12.1 Å². The van der Waals surface area contributed by atoms with E-state index in [9.17, 15) is 13.2 Å². The second-order valence-electron chi connectivity index (χ2n) is 7.82. The van der Waals surface area contributed by atoms with Gasteiger partial charge in [-0.1, -0.05) is 0 Å². The Morgan fingerprint density at radius 2 is 1.87 bits per heavy atom. The van der Waals surface area contributed by atoms with Crippen molar-refractivity contribution < 1.29 is 17.9 Å². The van der Waals surface area contributed by atoms with E-state index >= 15 is 0 Å². The number of nitrogens with one attached hydrogen (secondary N) is 1. The number of rotatable bonds is 4. The normalized spacial score (nSPS) is 18.4. The van der Waals surface area contributed by atoms with E-state index in [-0.39, 0.29) is 18.4 Å². The number of aromatic nitrogens is 1. The van der Waals surface area contributed by atoms with Gasteiger partial charge in [0.25, 0.3) is 0 Å². The van der Waals surface area contributed by atoms with E-state index in [1.807, 2.05) is 43.3 Å². The lowest BCUT2D eigenvalue weighted by Crippen LogP contribution is -2.47. The second kappa shape index (κ2) is 7.83. The molecule has 31 heavy (non-hydrogen) atoms. The Bertz CT molecular complexity index is 1040. The molecule has 1 atom stereocenters. The molecule has 5 nitrogen and oxygen atoms in total. The Morgan fingerprint density at radius 3 is 2.52 bits per heavy atom. The number of hydrogen-bond acceptors (Lipinski definition) is 5. The molecule has 1 aromatic carbocycles. The summed E-state index contributed by atoms with van der Waals surface area (Å²) in [6.45, 7) is 8.44. The van der Waals surface area contributed by atoms with Gasteiger partial charge in [0.2, 0.25) is 0 Å². The van der Waals surface area contributed by atoms with Gasteiger partial charge in [-0.05, 0) is 57.5 Å². The molecule has 0 fully saturated rings. The summed E-state index contributed by atoms with van der Waals surface area (Å²) in [7, 11) is 0. The van der Waals surface area contributed by atoms with E-state index in [4.69, 9.17) is 4.74 Å². The van der Waals surface area contributed by atoms with Gasteiger partial charge in [0.1, 0.15) is 5.75 Å². The van der Waals surface area contributed by atoms with E-state index in [2.05, 4.69) is 22.3 Å². The highest BCUT2D eigenvalue weighted by atomic mass is 19.4. The third kappa shape index (κ3) is 4.06. The first-order valence-corrected chi connectivity index (χ1v) is 10.2. The van der Waals surface area contributed by atoms with Crippen LogP contribution < -0.4 is 15.1 Å². The van der Waals surface area contributed by atoms with Gasteiger partial charge in [0, 0.05) is 47.7 Å². The quantitative estimate of drug-likeness (QED) is 0.737. The van der Waals surface area contributed by atoms with Gasteiger partial charge >= 0.3 is 6.18 Å². The summed E-state index contributed by atoms with van der Waals surface area (Å²) in [6.07, 6.45) is -0.538. The number of aryl methyl sites for hydroxylation is 2. The van der Waals surface area contributed by atoms with Crippen molar-refractivity contribution in [2.75, 3.05) is 18.1 Å². The third-order valence-electron chi connectivity index (χ3n) is 5.36. The first kappa shape index (κ1) is 21.1. The van der Waals surface area contributed by atoms with Crippen molar-refractivity contribution in [1.29, 1.82) is 0 Å². The number of anilines is 1. The lowest BCUT2D eigenvalue weighted by atomic mass is 10.0. The van der Waals surface area contributed by atoms with Crippen LogP contribution in [0.2, 0.25) is 0 Å². The van der Waals surface area contributed by atoms with Crippen LogP contribution in [0.4, 0.5) is 18.9 Å². The summed E-state index contributed by atoms with van der Waals surface area (Å²) in [5, 5.41) is 2.07. The molecule has 0 aliphatic carbocycles. The van der Waals surface area contributed by atoms with Crippen molar-refractivity contribution in [2.45, 2.75) is 39.9 Å². The van der Waals surface area contributed by atoms with Crippen LogP contribution in [0.1, 0.15) is 36.4 Å². The van der Waals surface area contributed by atoms with Crippen LogP contribution >= 0.6 is 0 Å². The fourth-order valence-corrected chi connectivity index (χ4v) is 4.07. The van der Waals surface area contributed by atoms with Crippen molar-refractivity contribution in [3.63, 3.8) is 0 Å². The molecule has 0 unspecified atom stereocenters. The van der Waals surface area contributed by atoms with E-state index in [0.717, 1.165) is 34.3 Å². The number of fused-ring (bicyclic) bond motifs is 1. The monoisotopic (exact) mass is 430 g/mol. The van der Waals surface area contributed by atoms with Crippen molar-refractivity contribution in [3.05, 3.63) is 70.9 Å². The average molecular weight is 430 g/mol. The minimum absolute atomic E-state index is 0.0932. The van der Waals surface area contributed by atoms with Gasteiger partial charge in [0.15, 0.2) is 0 Å². The molecule has 2 aliphatic rings. The highest BCUT2D eigenvalue weighted by Crippen LogP contribution is 2.40. The molecule has 1 N–H and O–H groups in total. The summed E-state index contributed by atoms with van der Waals surface area (Å²) in [4.78, 5) is 6.42. The average Bonchev–Trinajstić information content (AvgIpc) is 3.11. The summed E-state index contributed by atoms with van der Waals surface area (Å²) < 4.78 is 45.4. The SMILES string of the molecule is CCOc1cc(N2C=C3C(c4cc(C)nc(C)c4)=CNN3[C@@H](C)C2)ccc1C(F)(F)F. The number of pyridine rings is 1. The fraction of sp³-hybridized carbons (Fsp3) is 0.348. The van der Waals surface area contributed by atoms with Crippen LogP contribution in [0.3, 0.4) is 0 Å². The first-order valence-electron chi connectivity index (χ1n) is 10.2. The Kier molecular flexibility index (Phi) is 5.33. The molecule has 0 saturated heterocycles. The summed E-state index contributed by atoms with van der Waals surface area (Å²) >= 11 is 0. The Hall–Kier alpha value is -3.16. The zero-order valence-electron chi connectivity index (χ0n) is 17.9. The molecule has 8 heteroatoms. The molecular formula is C23H25F3N4O. The van der Waals surface area contributed by atoms with Gasteiger partial charge in [-0.2, -0.15) is 13.2 Å². The maximum absolute atomic E-state index is 13.4. The van der Waals surface area contributed by atoms with Crippen molar-refractivity contribution >= 4 is 11.3 Å². The largest absolute Gasteiger partial charge is 0.493 e. The Morgan fingerprint density at radius 1 is 1.16 bits per heavy atom. The molecule has 0 amide bonds. The molecule has 3 heterocycles. The highest BCUT2D eigenvalue weighted by Gasteiger charge is 2.36. The summed E-state index contributed by atoms with van der Waals surface area (Å²) in [6, 6.07) is 8.21. The smallest absolute Gasteiger partial charge is 0.419 e. The maximum Gasteiger partial charge on any atom is 0.419 e. The van der Waals surface area contributed by atoms with Crippen LogP contribution in [-0.4, -0.2) is 29.2 Å². The molecule has 0 spiro atoms. The third-order valence-corrected chi connectivity index (χ3v) is 5.36. The number of alkyl halides is 3. The molecule has 164 valence electrons. The van der Waals surface area contributed by atoms with Crippen molar-refractivity contribution in [1.82, 2.24) is 15.4 Å². The predicted octanol–water partition coefficient (Wildman–Crippen LogP) is 5.03. The molecule has 2 aliphatic heterocycles. The van der Waals surface area contributed by atoms with Gasteiger partial charge in [0.05, 0.1) is 23.9 Å². The van der Waals surface area contributed by atoms with E-state index < -0.39 is 11.7 Å². The van der Waals surface area contributed by atoms with E-state index in [1.54, 1.807) is 6.92 Å². The molecule has 1 aromatic heterocycles. The van der Waals surface area contributed by atoms with Gasteiger partial charge in [-0.3, -0.25) is 9.99 Å². The molecule has 0 saturated carbocycles. The van der Waals surface area contributed by atoms with Crippen LogP contribution in [0.5, 0.6) is 5.75 Å². The van der Waals surface area contributed by atoms with Crippen LogP contribution in [0.25, 0.3) is 5.57 Å². The number of halogens is 3. The molecular weight excluding hydrogens is 405 g/mol. The van der Waals surface area contributed by atoms with E-state index in [0.29, 0.717) is 12.2 Å². The number of hydrogen-bond donors (Lipinski definition) is 1. The topological polar surface area (TPSA) is 40.6 Å². The van der Waals surface area contributed by atoms with Crippen LogP contribution in [0.15, 0.2) is 48.4 Å². The molecule has 4 rings (SSSR count). The first-order chi connectivity index (χ1) is 14.7. The minimum atomic E-state index is -4.46. The number of ether oxygens (including phenoxy) is 1. The summed E-state index contributed by atoms with van der Waals surface area (Å²) in [5.41, 5.74) is 8.09. The predicted molar refractivity (Wildman–Crippen MR) is 114 cm³/mol. The van der Waals surface area contributed by atoms with Gasteiger partial charge < -0.3 is 15.1 Å². The van der Waals surface area contributed by atoms with Gasteiger partial charge in [-0.15, -0.1) is 0 Å². The summed E-state index contributed by atoms with van der Waals surface area (Å²) in [5.74, 6) is -0.151. The van der Waals surface area contributed by atoms with Crippen LogP contribution in [0, 0.1) is 13.8 Å². The lowest BCUT2D eigenvalue weighted by molar-refractivity contribution is -0.138. The second-order valence-corrected chi connectivity index (χ2v) is 7.82. The van der Waals surface area contributed by atoms with Crippen molar-refractivity contribution in [2.24, 2.45) is 0 Å². The Balaban J connectivity index is 1.73. The van der Waals surface area contributed by atoms with Crippen molar-refractivity contribution in [3.8, 4) is 5.75 Å². The number of nitrogens with zero attached hydrogens (tertiary/aromatic N) is 3. The fourth-order valence-electron chi connectivity index (χ4n) is 4.07. The minimum Gasteiger partial charge on any atom is -0.493 e. The number of hydrazine groups is 1. The van der Waals surface area contributed by atoms with Gasteiger partial charge in [-0.25, -0.2) is 0 Å². The Labute approximate surface area is 179 Å². The molecule has 2 aromatic rings. The number of allylic oxidation sites excluding steroid dienone is 1. The van der Waals surface area contributed by atoms with Crippen LogP contribution in [-0.2, 0) is 6.18 Å². The number of benzene rings is 1. The highest BCUT2D eigenvalue weighted by molar-refractivity contribution is 5.81. The lowest BCUT2D eigenvalue weighted by Gasteiger charge is -2.38. The standard InChI is InChI=1S/C23H25F3N4O/c1-5-31-22-10-18(6-7-20(22)23(24,25)26)29-12-16(4)30-21(13-29)19(11-27-30)17-8-14(2)28-15(3)9-17/h6-11,13,16,27H,5,12H2,1-4H3/t16-/m0/s1. The molecule has 0 bridgehead atoms.